The second-order valence-corrected chi connectivity index (χ2v) is 6.31. The van der Waals surface area contributed by atoms with Crippen molar-refractivity contribution in [2.24, 2.45) is 0 Å². The number of halogens is 2. The fourth-order valence-corrected chi connectivity index (χ4v) is 2.66. The van der Waals surface area contributed by atoms with Crippen molar-refractivity contribution in [1.82, 2.24) is 24.9 Å². The monoisotopic (exact) mass is 388 g/mol. The molecule has 2 aromatic rings. The summed E-state index contributed by atoms with van der Waals surface area (Å²) in [5.74, 6) is -0.753. The first-order chi connectivity index (χ1) is 11.7. The molecule has 0 radical (unpaired) electrons. The van der Waals surface area contributed by atoms with Crippen LogP contribution in [0.25, 0.3) is 0 Å². The van der Waals surface area contributed by atoms with Crippen LogP contribution in [0.2, 0.25) is 10.0 Å². The number of nitro groups is 1. The second-order valence-electron chi connectivity index (χ2n) is 5.55. The van der Waals surface area contributed by atoms with E-state index in [0.29, 0.717) is 30.2 Å². The molecule has 0 saturated heterocycles. The molecule has 0 spiro atoms. The molecule has 2 rings (SSSR count). The van der Waals surface area contributed by atoms with E-state index in [0.717, 1.165) is 11.4 Å². The van der Waals surface area contributed by atoms with E-state index < -0.39 is 10.7 Å². The highest BCUT2D eigenvalue weighted by atomic mass is 35.5. The third-order valence-electron chi connectivity index (χ3n) is 3.74. The number of aryl methyl sites for hydroxylation is 2. The van der Waals surface area contributed by atoms with Gasteiger partial charge >= 0.3 is 5.82 Å². The molecule has 0 aliphatic rings. The van der Waals surface area contributed by atoms with Gasteiger partial charge in [0.2, 0.25) is 5.91 Å². The Hall–Kier alpha value is -2.13. The van der Waals surface area contributed by atoms with Gasteiger partial charge in [0.05, 0.1) is 27.2 Å². The largest absolute Gasteiger partial charge is 0.408 e. The average molecular weight is 389 g/mol. The van der Waals surface area contributed by atoms with Gasteiger partial charge in [-0.3, -0.25) is 9.48 Å². The Bertz CT molecular complexity index is 814. The summed E-state index contributed by atoms with van der Waals surface area (Å²) in [5, 5.41) is 22.2. The lowest BCUT2D eigenvalue weighted by Crippen LogP contribution is -2.29. The van der Waals surface area contributed by atoms with E-state index in [-0.39, 0.29) is 17.5 Å². The van der Waals surface area contributed by atoms with Gasteiger partial charge in [-0.1, -0.05) is 23.2 Å². The molecule has 136 valence electrons. The molecule has 0 saturated carbocycles. The van der Waals surface area contributed by atoms with Crippen molar-refractivity contribution in [3.05, 3.63) is 37.2 Å². The van der Waals surface area contributed by atoms with Crippen molar-refractivity contribution in [3.8, 4) is 0 Å². The predicted molar refractivity (Wildman–Crippen MR) is 93.0 cm³/mol. The SMILES string of the molecule is Cc1nn(CCCNC(=O)Cn2nc([N+](=O)[O-])c(Cl)c2C)c(C)c1Cl. The van der Waals surface area contributed by atoms with Crippen LogP contribution in [0.1, 0.15) is 23.5 Å². The lowest BCUT2D eigenvalue weighted by Gasteiger charge is -2.06. The van der Waals surface area contributed by atoms with Crippen molar-refractivity contribution in [2.45, 2.75) is 40.3 Å². The molecular formula is C14H18Cl2N6O3. The van der Waals surface area contributed by atoms with E-state index in [1.54, 1.807) is 11.6 Å². The summed E-state index contributed by atoms with van der Waals surface area (Å²) in [6, 6.07) is 0. The molecule has 0 atom stereocenters. The lowest BCUT2D eigenvalue weighted by atomic mass is 10.3. The first kappa shape index (κ1) is 19.2. The first-order valence-electron chi connectivity index (χ1n) is 7.55. The van der Waals surface area contributed by atoms with Crippen LogP contribution in [0.3, 0.4) is 0 Å². The van der Waals surface area contributed by atoms with Crippen LogP contribution >= 0.6 is 23.2 Å². The minimum absolute atomic E-state index is 0.0563. The Morgan fingerprint density at radius 2 is 1.80 bits per heavy atom. The lowest BCUT2D eigenvalue weighted by molar-refractivity contribution is -0.389. The van der Waals surface area contributed by atoms with Gasteiger partial charge in [0.25, 0.3) is 0 Å². The van der Waals surface area contributed by atoms with Crippen LogP contribution in [-0.2, 0) is 17.9 Å². The van der Waals surface area contributed by atoms with Crippen LogP contribution < -0.4 is 5.32 Å². The summed E-state index contributed by atoms with van der Waals surface area (Å²) in [5.41, 5.74) is 2.04. The predicted octanol–water partition coefficient (Wildman–Crippen LogP) is 2.43. The highest BCUT2D eigenvalue weighted by molar-refractivity contribution is 6.33. The van der Waals surface area contributed by atoms with Gasteiger partial charge in [-0.15, -0.1) is 0 Å². The molecule has 0 fully saturated rings. The van der Waals surface area contributed by atoms with Gasteiger partial charge in [-0.25, -0.2) is 0 Å². The van der Waals surface area contributed by atoms with Gasteiger partial charge in [-0.05, 0) is 32.1 Å². The number of hydrogen-bond acceptors (Lipinski definition) is 5. The molecule has 0 aromatic carbocycles. The van der Waals surface area contributed by atoms with Crippen LogP contribution in [-0.4, -0.2) is 36.9 Å². The zero-order valence-corrected chi connectivity index (χ0v) is 15.6. The Balaban J connectivity index is 1.84. The zero-order chi connectivity index (χ0) is 18.7. The quantitative estimate of drug-likeness (QED) is 0.445. The third kappa shape index (κ3) is 4.29. The van der Waals surface area contributed by atoms with Crippen molar-refractivity contribution in [1.29, 1.82) is 0 Å². The van der Waals surface area contributed by atoms with E-state index in [4.69, 9.17) is 23.2 Å². The summed E-state index contributed by atoms with van der Waals surface area (Å²) in [4.78, 5) is 22.1. The van der Waals surface area contributed by atoms with Crippen molar-refractivity contribution in [3.63, 3.8) is 0 Å². The minimum Gasteiger partial charge on any atom is -0.358 e. The Kier molecular flexibility index (Phi) is 6.02. The Morgan fingerprint density at radius 1 is 1.16 bits per heavy atom. The smallest absolute Gasteiger partial charge is 0.358 e. The second kappa shape index (κ2) is 7.83. The number of nitrogens with zero attached hydrogens (tertiary/aromatic N) is 5. The number of carbonyl (C=O) groups is 1. The third-order valence-corrected chi connectivity index (χ3v) is 4.73. The van der Waals surface area contributed by atoms with Crippen LogP contribution in [0.4, 0.5) is 5.82 Å². The number of nitrogens with one attached hydrogen (secondary N) is 1. The molecule has 11 heteroatoms. The number of amides is 1. The number of rotatable bonds is 7. The van der Waals surface area contributed by atoms with Gasteiger partial charge in [0.15, 0.2) is 5.02 Å². The molecular weight excluding hydrogens is 371 g/mol. The fourth-order valence-electron chi connectivity index (χ4n) is 2.32. The van der Waals surface area contributed by atoms with E-state index in [1.165, 1.54) is 4.68 Å². The van der Waals surface area contributed by atoms with Gasteiger partial charge in [0.1, 0.15) is 6.54 Å². The fraction of sp³-hybridized carbons (Fsp3) is 0.500. The van der Waals surface area contributed by atoms with Crippen LogP contribution in [0.5, 0.6) is 0 Å². The van der Waals surface area contributed by atoms with Crippen molar-refractivity contribution in [2.75, 3.05) is 6.54 Å². The van der Waals surface area contributed by atoms with Crippen molar-refractivity contribution < 1.29 is 9.72 Å². The summed E-state index contributed by atoms with van der Waals surface area (Å²) in [6.45, 7) is 6.22. The van der Waals surface area contributed by atoms with E-state index in [9.17, 15) is 14.9 Å². The highest BCUT2D eigenvalue weighted by Gasteiger charge is 2.24. The Morgan fingerprint density at radius 3 is 2.32 bits per heavy atom. The zero-order valence-electron chi connectivity index (χ0n) is 14.0. The average Bonchev–Trinajstić information content (AvgIpc) is 2.97. The maximum absolute atomic E-state index is 12.0. The Labute approximate surface area is 154 Å². The molecule has 0 aliphatic carbocycles. The topological polar surface area (TPSA) is 108 Å². The van der Waals surface area contributed by atoms with Gasteiger partial charge < -0.3 is 15.4 Å². The highest BCUT2D eigenvalue weighted by Crippen LogP contribution is 2.26. The van der Waals surface area contributed by atoms with Crippen molar-refractivity contribution >= 4 is 34.9 Å². The maximum Gasteiger partial charge on any atom is 0.408 e. The maximum atomic E-state index is 12.0. The number of hydrogen-bond donors (Lipinski definition) is 1. The summed E-state index contributed by atoms with van der Waals surface area (Å²) < 4.78 is 3.02. The molecule has 25 heavy (non-hydrogen) atoms. The molecule has 0 unspecified atom stereocenters. The van der Waals surface area contributed by atoms with Gasteiger partial charge in [0, 0.05) is 13.1 Å². The molecule has 9 nitrogen and oxygen atoms in total. The summed E-state index contributed by atoms with van der Waals surface area (Å²) in [6.07, 6.45) is 0.670. The van der Waals surface area contributed by atoms with Crippen LogP contribution in [0.15, 0.2) is 0 Å². The normalized spacial score (nSPS) is 10.9. The van der Waals surface area contributed by atoms with E-state index in [2.05, 4.69) is 15.5 Å². The molecule has 1 amide bonds. The van der Waals surface area contributed by atoms with Gasteiger partial charge in [-0.2, -0.15) is 9.78 Å². The summed E-state index contributed by atoms with van der Waals surface area (Å²) in [7, 11) is 0. The van der Waals surface area contributed by atoms with Crippen LogP contribution in [0, 0.1) is 30.9 Å². The first-order valence-corrected chi connectivity index (χ1v) is 8.31. The number of aromatic nitrogens is 4. The van der Waals surface area contributed by atoms with E-state index in [1.807, 2.05) is 13.8 Å². The van der Waals surface area contributed by atoms with E-state index >= 15 is 0 Å². The molecule has 1 N–H and O–H groups in total. The standard InChI is InChI=1S/C14H18Cl2N6O3/c1-8-12(15)9(2)20(18-8)6-4-5-17-11(23)7-21-10(3)13(16)14(19-21)22(24)25/h4-7H2,1-3H3,(H,17,23). The molecule has 0 bridgehead atoms. The molecule has 0 aliphatic heterocycles. The summed E-state index contributed by atoms with van der Waals surface area (Å²) >= 11 is 11.9. The number of carbonyl (C=O) groups excluding carboxylic acids is 1. The molecule has 2 heterocycles. The minimum atomic E-state index is -0.677. The molecule has 2 aromatic heterocycles.